The molecular formula is C13H19N3O. The molecular weight excluding hydrogens is 214 g/mol. The van der Waals surface area contributed by atoms with Crippen LogP contribution in [0.3, 0.4) is 0 Å². The molecule has 4 nitrogen and oxygen atoms in total. The number of carbonyl (C=O) groups is 1. The van der Waals surface area contributed by atoms with Crippen molar-refractivity contribution >= 4 is 17.3 Å². The van der Waals surface area contributed by atoms with Crippen molar-refractivity contribution in [3.05, 3.63) is 23.8 Å². The number of anilines is 2. The molecule has 0 saturated heterocycles. The molecule has 1 aliphatic rings. The monoisotopic (exact) mass is 233 g/mol. The Morgan fingerprint density at radius 2 is 2.18 bits per heavy atom. The van der Waals surface area contributed by atoms with E-state index in [9.17, 15) is 4.79 Å². The van der Waals surface area contributed by atoms with Gasteiger partial charge in [0.1, 0.15) is 0 Å². The second-order valence-corrected chi connectivity index (χ2v) is 4.82. The Morgan fingerprint density at radius 3 is 2.76 bits per heavy atom. The average molecular weight is 233 g/mol. The Balaban J connectivity index is 2.15. The van der Waals surface area contributed by atoms with Crippen LogP contribution in [0.5, 0.6) is 0 Å². The maximum absolute atomic E-state index is 12.1. The molecule has 1 aromatic rings. The lowest BCUT2D eigenvalue weighted by atomic mass is 10.1. The first-order valence-corrected chi connectivity index (χ1v) is 5.93. The summed E-state index contributed by atoms with van der Waals surface area (Å²) in [4.78, 5) is 14.0. The van der Waals surface area contributed by atoms with Gasteiger partial charge in [-0.05, 0) is 37.0 Å². The van der Waals surface area contributed by atoms with Crippen LogP contribution in [-0.2, 0) is 0 Å². The van der Waals surface area contributed by atoms with Crippen LogP contribution in [0.4, 0.5) is 11.4 Å². The van der Waals surface area contributed by atoms with Gasteiger partial charge >= 0.3 is 0 Å². The highest BCUT2D eigenvalue weighted by molar-refractivity contribution is 6.00. The maximum Gasteiger partial charge on any atom is 0.253 e. The van der Waals surface area contributed by atoms with Gasteiger partial charge in [0.15, 0.2) is 0 Å². The second-order valence-electron chi connectivity index (χ2n) is 4.82. The van der Waals surface area contributed by atoms with Crippen molar-refractivity contribution in [1.82, 2.24) is 5.32 Å². The number of carbonyl (C=O) groups excluding carboxylic acids is 1. The first-order chi connectivity index (χ1) is 8.08. The summed E-state index contributed by atoms with van der Waals surface area (Å²) in [5, 5.41) is 2.96. The minimum atomic E-state index is -0.0344. The molecule has 0 aliphatic heterocycles. The van der Waals surface area contributed by atoms with Crippen LogP contribution in [0.2, 0.25) is 0 Å². The normalized spacial score (nSPS) is 14.5. The quantitative estimate of drug-likeness (QED) is 0.774. The summed E-state index contributed by atoms with van der Waals surface area (Å²) in [6, 6.07) is 5.42. The van der Waals surface area contributed by atoms with Crippen molar-refractivity contribution < 1.29 is 4.79 Å². The van der Waals surface area contributed by atoms with Gasteiger partial charge in [0.2, 0.25) is 0 Å². The Hall–Kier alpha value is -1.71. The van der Waals surface area contributed by atoms with Crippen molar-refractivity contribution in [3.63, 3.8) is 0 Å². The molecule has 0 aromatic heterocycles. The van der Waals surface area contributed by atoms with Crippen LogP contribution >= 0.6 is 0 Å². The lowest BCUT2D eigenvalue weighted by molar-refractivity contribution is 0.0952. The van der Waals surface area contributed by atoms with E-state index in [4.69, 9.17) is 5.73 Å². The summed E-state index contributed by atoms with van der Waals surface area (Å²) in [7, 11) is 3.84. The molecule has 0 bridgehead atoms. The van der Waals surface area contributed by atoms with Gasteiger partial charge in [-0.1, -0.05) is 0 Å². The van der Waals surface area contributed by atoms with E-state index in [2.05, 4.69) is 5.32 Å². The van der Waals surface area contributed by atoms with Crippen LogP contribution in [-0.4, -0.2) is 26.5 Å². The molecule has 1 fully saturated rings. The van der Waals surface area contributed by atoms with Gasteiger partial charge in [-0.25, -0.2) is 0 Å². The summed E-state index contributed by atoms with van der Waals surface area (Å²) >= 11 is 0. The minimum absolute atomic E-state index is 0.0344. The third kappa shape index (κ3) is 2.90. The Bertz CT molecular complexity index is 425. The zero-order chi connectivity index (χ0) is 12.4. The zero-order valence-electron chi connectivity index (χ0n) is 10.4. The molecule has 0 spiro atoms. The molecule has 0 radical (unpaired) electrons. The molecule has 3 N–H and O–H groups in total. The first kappa shape index (κ1) is 11.8. The molecule has 0 atom stereocenters. The molecule has 4 heteroatoms. The van der Waals surface area contributed by atoms with Gasteiger partial charge in [0.05, 0.1) is 5.56 Å². The van der Waals surface area contributed by atoms with Crippen LogP contribution < -0.4 is 16.0 Å². The van der Waals surface area contributed by atoms with Gasteiger partial charge < -0.3 is 16.0 Å². The molecule has 17 heavy (non-hydrogen) atoms. The van der Waals surface area contributed by atoms with Crippen LogP contribution in [0, 0.1) is 5.92 Å². The molecule has 1 aromatic carbocycles. The first-order valence-electron chi connectivity index (χ1n) is 5.93. The third-order valence-corrected chi connectivity index (χ3v) is 3.00. The Labute approximate surface area is 102 Å². The summed E-state index contributed by atoms with van der Waals surface area (Å²) < 4.78 is 0. The standard InChI is InChI=1S/C13H19N3O/c1-16(2)12-6-5-10(14)7-11(12)13(17)15-8-9-3-4-9/h5-7,9H,3-4,8,14H2,1-2H3,(H,15,17). The summed E-state index contributed by atoms with van der Waals surface area (Å²) in [5.74, 6) is 0.649. The van der Waals surface area contributed by atoms with Gasteiger partial charge in [-0.15, -0.1) is 0 Å². The van der Waals surface area contributed by atoms with E-state index in [1.165, 1.54) is 12.8 Å². The van der Waals surface area contributed by atoms with E-state index >= 15 is 0 Å². The van der Waals surface area contributed by atoms with Gasteiger partial charge in [-0.3, -0.25) is 4.79 Å². The third-order valence-electron chi connectivity index (χ3n) is 3.00. The molecule has 2 rings (SSSR count). The SMILES string of the molecule is CN(C)c1ccc(N)cc1C(=O)NCC1CC1. The van der Waals surface area contributed by atoms with Gasteiger partial charge in [0.25, 0.3) is 5.91 Å². The second kappa shape index (κ2) is 4.65. The number of nitrogens with zero attached hydrogens (tertiary/aromatic N) is 1. The van der Waals surface area contributed by atoms with E-state index < -0.39 is 0 Å². The minimum Gasteiger partial charge on any atom is -0.399 e. The fourth-order valence-electron chi connectivity index (χ4n) is 1.78. The zero-order valence-corrected chi connectivity index (χ0v) is 10.4. The van der Waals surface area contributed by atoms with Crippen molar-refractivity contribution in [1.29, 1.82) is 0 Å². The number of rotatable bonds is 4. The van der Waals surface area contributed by atoms with E-state index in [1.807, 2.05) is 31.1 Å². The van der Waals surface area contributed by atoms with Crippen LogP contribution in [0.1, 0.15) is 23.2 Å². The number of hydrogen-bond donors (Lipinski definition) is 2. The fraction of sp³-hybridized carbons (Fsp3) is 0.462. The summed E-state index contributed by atoms with van der Waals surface area (Å²) in [5.41, 5.74) is 7.90. The van der Waals surface area contributed by atoms with E-state index in [0.717, 1.165) is 12.2 Å². The van der Waals surface area contributed by atoms with Crippen LogP contribution in [0.25, 0.3) is 0 Å². The molecule has 0 heterocycles. The largest absolute Gasteiger partial charge is 0.399 e. The smallest absolute Gasteiger partial charge is 0.253 e. The van der Waals surface area contributed by atoms with Crippen molar-refractivity contribution in [2.24, 2.45) is 5.92 Å². The maximum atomic E-state index is 12.1. The Morgan fingerprint density at radius 1 is 1.47 bits per heavy atom. The predicted molar refractivity (Wildman–Crippen MR) is 70.2 cm³/mol. The molecule has 0 unspecified atom stereocenters. The number of benzene rings is 1. The lowest BCUT2D eigenvalue weighted by Crippen LogP contribution is -2.27. The van der Waals surface area contributed by atoms with Crippen molar-refractivity contribution in [3.8, 4) is 0 Å². The molecule has 1 aliphatic carbocycles. The van der Waals surface area contributed by atoms with Gasteiger partial charge in [-0.2, -0.15) is 0 Å². The van der Waals surface area contributed by atoms with E-state index in [1.54, 1.807) is 6.07 Å². The average Bonchev–Trinajstić information content (AvgIpc) is 3.09. The summed E-state index contributed by atoms with van der Waals surface area (Å²) in [6.45, 7) is 0.778. The molecule has 92 valence electrons. The highest BCUT2D eigenvalue weighted by Crippen LogP contribution is 2.28. The number of amides is 1. The van der Waals surface area contributed by atoms with Crippen molar-refractivity contribution in [2.45, 2.75) is 12.8 Å². The number of nitrogen functional groups attached to an aromatic ring is 1. The fourth-order valence-corrected chi connectivity index (χ4v) is 1.78. The van der Waals surface area contributed by atoms with E-state index in [-0.39, 0.29) is 5.91 Å². The molecule has 1 amide bonds. The summed E-state index contributed by atoms with van der Waals surface area (Å²) in [6.07, 6.45) is 2.47. The number of nitrogens with one attached hydrogen (secondary N) is 1. The number of hydrogen-bond acceptors (Lipinski definition) is 3. The highest BCUT2D eigenvalue weighted by Gasteiger charge is 2.22. The Kier molecular flexibility index (Phi) is 3.22. The predicted octanol–water partition coefficient (Wildman–Crippen LogP) is 1.47. The number of nitrogens with two attached hydrogens (primary N) is 1. The topological polar surface area (TPSA) is 58.4 Å². The molecule has 1 saturated carbocycles. The van der Waals surface area contributed by atoms with E-state index in [0.29, 0.717) is 17.2 Å². The lowest BCUT2D eigenvalue weighted by Gasteiger charge is -2.17. The highest BCUT2D eigenvalue weighted by atomic mass is 16.1. The van der Waals surface area contributed by atoms with Gasteiger partial charge in [0, 0.05) is 32.0 Å². The van der Waals surface area contributed by atoms with Crippen LogP contribution in [0.15, 0.2) is 18.2 Å². The van der Waals surface area contributed by atoms with Crippen molar-refractivity contribution in [2.75, 3.05) is 31.3 Å².